The number of amides is 1. The SMILES string of the molecule is Cc1ccc(-c2nc(NC(=O)c3cc4ccccc4oc3=O)sc2C)cc1. The van der Waals surface area contributed by atoms with Crippen molar-refractivity contribution in [2.45, 2.75) is 13.8 Å². The van der Waals surface area contributed by atoms with Crippen molar-refractivity contribution in [3.05, 3.63) is 81.0 Å². The van der Waals surface area contributed by atoms with Crippen molar-refractivity contribution in [1.29, 1.82) is 0 Å². The third kappa shape index (κ3) is 3.39. The van der Waals surface area contributed by atoms with Crippen LogP contribution in [0, 0.1) is 13.8 Å². The Morgan fingerprint density at radius 1 is 1.07 bits per heavy atom. The molecule has 0 fully saturated rings. The molecular weight excluding hydrogens is 360 g/mol. The van der Waals surface area contributed by atoms with Crippen LogP contribution in [0.5, 0.6) is 0 Å². The van der Waals surface area contributed by atoms with Gasteiger partial charge in [0.05, 0.1) is 5.69 Å². The van der Waals surface area contributed by atoms with E-state index in [4.69, 9.17) is 4.42 Å². The van der Waals surface area contributed by atoms with Gasteiger partial charge in [-0.3, -0.25) is 10.1 Å². The third-order valence-corrected chi connectivity index (χ3v) is 5.11. The minimum absolute atomic E-state index is 0.0431. The van der Waals surface area contributed by atoms with Crippen LogP contribution in [0.2, 0.25) is 0 Å². The molecule has 0 saturated heterocycles. The molecule has 0 saturated carbocycles. The van der Waals surface area contributed by atoms with Gasteiger partial charge in [-0.2, -0.15) is 0 Å². The molecule has 27 heavy (non-hydrogen) atoms. The molecule has 4 rings (SSSR count). The van der Waals surface area contributed by atoms with Crippen molar-refractivity contribution in [3.63, 3.8) is 0 Å². The fourth-order valence-corrected chi connectivity index (χ4v) is 3.64. The highest BCUT2D eigenvalue weighted by Gasteiger charge is 2.17. The number of rotatable bonds is 3. The summed E-state index contributed by atoms with van der Waals surface area (Å²) in [7, 11) is 0. The zero-order chi connectivity index (χ0) is 19.0. The number of carbonyl (C=O) groups excluding carboxylic acids is 1. The smallest absolute Gasteiger partial charge is 0.349 e. The predicted octanol–water partition coefficient (Wildman–Crippen LogP) is 4.79. The van der Waals surface area contributed by atoms with Gasteiger partial charge in [-0.15, -0.1) is 11.3 Å². The van der Waals surface area contributed by atoms with E-state index in [1.807, 2.05) is 44.2 Å². The van der Waals surface area contributed by atoms with Crippen LogP contribution in [0.15, 0.2) is 63.8 Å². The van der Waals surface area contributed by atoms with Crippen LogP contribution < -0.4 is 10.9 Å². The summed E-state index contributed by atoms with van der Waals surface area (Å²) in [6, 6.07) is 16.7. The van der Waals surface area contributed by atoms with E-state index in [0.717, 1.165) is 16.1 Å². The molecule has 5 nitrogen and oxygen atoms in total. The van der Waals surface area contributed by atoms with Gasteiger partial charge in [-0.1, -0.05) is 48.0 Å². The first-order valence-electron chi connectivity index (χ1n) is 8.40. The Balaban J connectivity index is 1.64. The maximum absolute atomic E-state index is 12.6. The molecule has 0 bridgehead atoms. The molecule has 1 N–H and O–H groups in total. The van der Waals surface area contributed by atoms with Crippen LogP contribution in [0.4, 0.5) is 5.13 Å². The number of thiazole rings is 1. The van der Waals surface area contributed by atoms with Gasteiger partial charge >= 0.3 is 5.63 Å². The number of hydrogen-bond acceptors (Lipinski definition) is 5. The van der Waals surface area contributed by atoms with Crippen molar-refractivity contribution >= 4 is 33.3 Å². The van der Waals surface area contributed by atoms with E-state index in [1.165, 1.54) is 23.0 Å². The Bertz CT molecular complexity index is 1210. The van der Waals surface area contributed by atoms with Crippen LogP contribution in [0.25, 0.3) is 22.2 Å². The summed E-state index contributed by atoms with van der Waals surface area (Å²) in [5.41, 5.74) is 2.71. The van der Waals surface area contributed by atoms with Crippen molar-refractivity contribution in [3.8, 4) is 11.3 Å². The predicted molar refractivity (Wildman–Crippen MR) is 107 cm³/mol. The van der Waals surface area contributed by atoms with E-state index in [9.17, 15) is 9.59 Å². The number of aromatic nitrogens is 1. The number of anilines is 1. The lowest BCUT2D eigenvalue weighted by Crippen LogP contribution is -2.20. The standard InChI is InChI=1S/C21H16N2O3S/c1-12-7-9-14(10-8-12)18-13(2)27-21(22-18)23-19(24)16-11-15-5-3-4-6-17(15)26-20(16)25/h3-11H,1-2H3,(H,22,23,24). The monoisotopic (exact) mass is 376 g/mol. The maximum atomic E-state index is 12.6. The van der Waals surface area contributed by atoms with Crippen LogP contribution in [-0.2, 0) is 0 Å². The average Bonchev–Trinajstić information content (AvgIpc) is 3.01. The van der Waals surface area contributed by atoms with Gasteiger partial charge in [0, 0.05) is 15.8 Å². The second kappa shape index (κ2) is 6.81. The normalized spacial score (nSPS) is 10.9. The molecule has 0 aliphatic carbocycles. The maximum Gasteiger partial charge on any atom is 0.349 e. The number of benzene rings is 2. The first kappa shape index (κ1) is 17.2. The molecule has 0 unspecified atom stereocenters. The summed E-state index contributed by atoms with van der Waals surface area (Å²) in [5, 5.41) is 3.85. The highest BCUT2D eigenvalue weighted by Crippen LogP contribution is 2.30. The van der Waals surface area contributed by atoms with Crippen molar-refractivity contribution in [2.24, 2.45) is 0 Å². The Morgan fingerprint density at radius 3 is 2.59 bits per heavy atom. The van der Waals surface area contributed by atoms with Gasteiger partial charge < -0.3 is 4.42 Å². The van der Waals surface area contributed by atoms with Crippen LogP contribution in [0.1, 0.15) is 20.8 Å². The lowest BCUT2D eigenvalue weighted by Gasteiger charge is -2.02. The minimum Gasteiger partial charge on any atom is -0.422 e. The summed E-state index contributed by atoms with van der Waals surface area (Å²) in [5.74, 6) is -0.529. The summed E-state index contributed by atoms with van der Waals surface area (Å²) >= 11 is 1.37. The first-order chi connectivity index (χ1) is 13.0. The summed E-state index contributed by atoms with van der Waals surface area (Å²) in [4.78, 5) is 30.2. The largest absolute Gasteiger partial charge is 0.422 e. The second-order valence-corrected chi connectivity index (χ2v) is 7.43. The number of fused-ring (bicyclic) bond motifs is 1. The van der Waals surface area contributed by atoms with Gasteiger partial charge in [0.2, 0.25) is 0 Å². The van der Waals surface area contributed by atoms with E-state index in [2.05, 4.69) is 10.3 Å². The fraction of sp³-hybridized carbons (Fsp3) is 0.0952. The molecule has 134 valence electrons. The molecule has 1 amide bonds. The first-order valence-corrected chi connectivity index (χ1v) is 9.21. The zero-order valence-corrected chi connectivity index (χ0v) is 15.6. The Hall–Kier alpha value is -3.25. The van der Waals surface area contributed by atoms with Crippen LogP contribution >= 0.6 is 11.3 Å². The van der Waals surface area contributed by atoms with Crippen molar-refractivity contribution in [2.75, 3.05) is 5.32 Å². The Morgan fingerprint density at radius 2 is 1.81 bits per heavy atom. The van der Waals surface area contributed by atoms with Gasteiger partial charge in [0.25, 0.3) is 5.91 Å². The summed E-state index contributed by atoms with van der Waals surface area (Å²) in [6.07, 6.45) is 0. The number of aryl methyl sites for hydroxylation is 2. The molecule has 6 heteroatoms. The summed E-state index contributed by atoms with van der Waals surface area (Å²) in [6.45, 7) is 3.98. The Labute approximate surface area is 159 Å². The van der Waals surface area contributed by atoms with Crippen molar-refractivity contribution in [1.82, 2.24) is 4.98 Å². The fourth-order valence-electron chi connectivity index (χ4n) is 2.81. The molecule has 0 atom stereocenters. The minimum atomic E-state index is -0.668. The molecule has 2 aromatic carbocycles. The van der Waals surface area contributed by atoms with Crippen LogP contribution in [-0.4, -0.2) is 10.9 Å². The molecule has 2 aromatic heterocycles. The highest BCUT2D eigenvalue weighted by atomic mass is 32.1. The molecule has 4 aromatic rings. The summed E-state index contributed by atoms with van der Waals surface area (Å²) < 4.78 is 5.23. The highest BCUT2D eigenvalue weighted by molar-refractivity contribution is 7.16. The molecule has 2 heterocycles. The van der Waals surface area contributed by atoms with Gasteiger partial charge in [-0.05, 0) is 26.0 Å². The molecular formula is C21H16N2O3S. The number of hydrogen-bond donors (Lipinski definition) is 1. The van der Waals surface area contributed by atoms with Gasteiger partial charge in [0.1, 0.15) is 11.1 Å². The van der Waals surface area contributed by atoms with Crippen LogP contribution in [0.3, 0.4) is 0 Å². The number of nitrogens with one attached hydrogen (secondary N) is 1. The number of carbonyl (C=O) groups is 1. The third-order valence-electron chi connectivity index (χ3n) is 4.23. The van der Waals surface area contributed by atoms with Gasteiger partial charge in [0.15, 0.2) is 5.13 Å². The lowest BCUT2D eigenvalue weighted by atomic mass is 10.1. The zero-order valence-electron chi connectivity index (χ0n) is 14.8. The molecule has 0 spiro atoms. The molecule has 0 aliphatic rings. The second-order valence-electron chi connectivity index (χ2n) is 6.23. The number of nitrogens with zero attached hydrogens (tertiary/aromatic N) is 1. The average molecular weight is 376 g/mol. The Kier molecular flexibility index (Phi) is 4.33. The van der Waals surface area contributed by atoms with E-state index in [0.29, 0.717) is 16.1 Å². The topological polar surface area (TPSA) is 72.2 Å². The number of para-hydroxylation sites is 1. The van der Waals surface area contributed by atoms with Crippen molar-refractivity contribution < 1.29 is 9.21 Å². The molecule has 0 aliphatic heterocycles. The quantitative estimate of drug-likeness (QED) is 0.522. The lowest BCUT2D eigenvalue weighted by molar-refractivity contribution is 0.102. The van der Waals surface area contributed by atoms with E-state index >= 15 is 0 Å². The van der Waals surface area contributed by atoms with E-state index in [-0.39, 0.29) is 5.56 Å². The molecule has 0 radical (unpaired) electrons. The van der Waals surface area contributed by atoms with E-state index < -0.39 is 11.5 Å². The van der Waals surface area contributed by atoms with E-state index in [1.54, 1.807) is 18.2 Å². The van der Waals surface area contributed by atoms with Gasteiger partial charge in [-0.25, -0.2) is 9.78 Å².